The van der Waals surface area contributed by atoms with Crippen LogP contribution in [0.4, 0.5) is 0 Å². The number of oxazole rings is 1. The number of hydrogen-bond acceptors (Lipinski definition) is 4. The van der Waals surface area contributed by atoms with Crippen molar-refractivity contribution in [3.05, 3.63) is 83.5 Å². The predicted molar refractivity (Wildman–Crippen MR) is 107 cm³/mol. The molecule has 0 saturated heterocycles. The second-order valence-corrected chi connectivity index (χ2v) is 7.10. The van der Waals surface area contributed by atoms with E-state index in [1.807, 2.05) is 42.9 Å². The van der Waals surface area contributed by atoms with Crippen LogP contribution in [-0.4, -0.2) is 20.7 Å². The van der Waals surface area contributed by atoms with E-state index >= 15 is 0 Å². The molecular formula is C22H22N4O2. The first-order valence-electron chi connectivity index (χ1n) is 9.32. The molecule has 1 N–H and O–H groups in total. The second kappa shape index (κ2) is 7.68. The maximum atomic E-state index is 12.5. The highest BCUT2D eigenvalue weighted by Crippen LogP contribution is 2.22. The molecule has 0 bridgehead atoms. The van der Waals surface area contributed by atoms with Crippen LogP contribution in [0.2, 0.25) is 0 Å². The predicted octanol–water partition coefficient (Wildman–Crippen LogP) is 4.13. The van der Waals surface area contributed by atoms with Gasteiger partial charge in [-0.3, -0.25) is 9.48 Å². The van der Waals surface area contributed by atoms with Gasteiger partial charge in [-0.2, -0.15) is 5.10 Å². The van der Waals surface area contributed by atoms with Crippen LogP contribution in [0.15, 0.2) is 65.3 Å². The van der Waals surface area contributed by atoms with Crippen LogP contribution in [0.25, 0.3) is 11.1 Å². The Balaban J connectivity index is 1.39. The van der Waals surface area contributed by atoms with Crippen LogP contribution in [0, 0.1) is 0 Å². The number of benzene rings is 2. The summed E-state index contributed by atoms with van der Waals surface area (Å²) in [4.78, 5) is 17.0. The Bertz CT molecular complexity index is 1100. The molecule has 2 heterocycles. The minimum Gasteiger partial charge on any atom is -0.440 e. The van der Waals surface area contributed by atoms with Crippen molar-refractivity contribution in [3.63, 3.8) is 0 Å². The molecule has 0 fully saturated rings. The first-order valence-corrected chi connectivity index (χ1v) is 9.32. The summed E-state index contributed by atoms with van der Waals surface area (Å²) in [6, 6.07) is 15.5. The Morgan fingerprint density at radius 2 is 1.96 bits per heavy atom. The molecule has 28 heavy (non-hydrogen) atoms. The van der Waals surface area contributed by atoms with Crippen molar-refractivity contribution in [1.82, 2.24) is 20.1 Å². The van der Waals surface area contributed by atoms with Crippen LogP contribution < -0.4 is 5.32 Å². The molecule has 1 amide bonds. The topological polar surface area (TPSA) is 73.0 Å². The molecule has 0 saturated carbocycles. The van der Waals surface area contributed by atoms with E-state index in [1.54, 1.807) is 24.4 Å². The Kier molecular flexibility index (Phi) is 4.93. The third kappa shape index (κ3) is 3.96. The van der Waals surface area contributed by atoms with Crippen molar-refractivity contribution in [2.24, 2.45) is 0 Å². The van der Waals surface area contributed by atoms with Gasteiger partial charge < -0.3 is 9.73 Å². The van der Waals surface area contributed by atoms with Gasteiger partial charge in [-0.1, -0.05) is 44.2 Å². The summed E-state index contributed by atoms with van der Waals surface area (Å²) in [6.07, 6.45) is 3.72. The summed E-state index contributed by atoms with van der Waals surface area (Å²) in [6.45, 7) is 5.17. The molecule has 0 aliphatic carbocycles. The van der Waals surface area contributed by atoms with E-state index < -0.39 is 0 Å². The zero-order valence-electron chi connectivity index (χ0n) is 15.9. The van der Waals surface area contributed by atoms with Gasteiger partial charge in [-0.25, -0.2) is 4.98 Å². The van der Waals surface area contributed by atoms with Gasteiger partial charge in [0, 0.05) is 29.8 Å². The number of rotatable bonds is 6. The number of amides is 1. The summed E-state index contributed by atoms with van der Waals surface area (Å²) < 4.78 is 7.56. The van der Waals surface area contributed by atoms with Crippen LogP contribution in [0.1, 0.15) is 47.1 Å². The minimum absolute atomic E-state index is 0.146. The molecule has 0 radical (unpaired) electrons. The summed E-state index contributed by atoms with van der Waals surface area (Å²) in [7, 11) is 0. The van der Waals surface area contributed by atoms with Crippen LogP contribution in [-0.2, 0) is 13.1 Å². The van der Waals surface area contributed by atoms with Gasteiger partial charge >= 0.3 is 0 Å². The van der Waals surface area contributed by atoms with Crippen LogP contribution in [0.3, 0.4) is 0 Å². The van der Waals surface area contributed by atoms with Crippen molar-refractivity contribution in [1.29, 1.82) is 0 Å². The molecule has 142 valence electrons. The number of aromatic nitrogens is 3. The highest BCUT2D eigenvalue weighted by atomic mass is 16.3. The van der Waals surface area contributed by atoms with Crippen molar-refractivity contribution in [2.75, 3.05) is 0 Å². The SMILES string of the molecule is CC(C)c1nc2cc(C(=O)NCc3cnn(Cc4ccccc4)c3)ccc2o1. The second-order valence-electron chi connectivity index (χ2n) is 7.10. The fraction of sp³-hybridized carbons (Fsp3) is 0.227. The highest BCUT2D eigenvalue weighted by molar-refractivity contribution is 5.97. The van der Waals surface area contributed by atoms with Gasteiger partial charge in [0.25, 0.3) is 5.91 Å². The molecule has 4 rings (SSSR count). The Hall–Kier alpha value is -3.41. The minimum atomic E-state index is -0.146. The molecule has 6 nitrogen and oxygen atoms in total. The Morgan fingerprint density at radius 1 is 1.14 bits per heavy atom. The largest absolute Gasteiger partial charge is 0.440 e. The summed E-state index contributed by atoms with van der Waals surface area (Å²) in [5.41, 5.74) is 4.10. The number of carbonyl (C=O) groups excluding carboxylic acids is 1. The van der Waals surface area contributed by atoms with E-state index in [9.17, 15) is 4.79 Å². The van der Waals surface area contributed by atoms with E-state index in [4.69, 9.17) is 4.42 Å². The van der Waals surface area contributed by atoms with Crippen molar-refractivity contribution < 1.29 is 9.21 Å². The number of fused-ring (bicyclic) bond motifs is 1. The lowest BCUT2D eigenvalue weighted by atomic mass is 10.2. The Morgan fingerprint density at radius 3 is 2.75 bits per heavy atom. The van der Waals surface area contributed by atoms with Gasteiger partial charge in [-0.15, -0.1) is 0 Å². The maximum absolute atomic E-state index is 12.5. The lowest BCUT2D eigenvalue weighted by molar-refractivity contribution is 0.0951. The average Bonchev–Trinajstić information content (AvgIpc) is 3.33. The molecule has 0 atom stereocenters. The third-order valence-corrected chi connectivity index (χ3v) is 4.49. The van der Waals surface area contributed by atoms with Gasteiger partial charge in [0.05, 0.1) is 12.7 Å². The van der Waals surface area contributed by atoms with Gasteiger partial charge in [0.1, 0.15) is 5.52 Å². The molecule has 2 aromatic heterocycles. The molecule has 0 spiro atoms. The summed E-state index contributed by atoms with van der Waals surface area (Å²) >= 11 is 0. The van der Waals surface area contributed by atoms with Crippen LogP contribution in [0.5, 0.6) is 0 Å². The summed E-state index contributed by atoms with van der Waals surface area (Å²) in [5, 5.41) is 7.30. The van der Waals surface area contributed by atoms with Gasteiger partial charge in [-0.05, 0) is 23.8 Å². The zero-order chi connectivity index (χ0) is 19.5. The normalized spacial score (nSPS) is 11.2. The van der Waals surface area contributed by atoms with Crippen molar-refractivity contribution in [2.45, 2.75) is 32.9 Å². The lowest BCUT2D eigenvalue weighted by Crippen LogP contribution is -2.22. The van der Waals surface area contributed by atoms with Gasteiger partial charge in [0.15, 0.2) is 11.5 Å². The molecular weight excluding hydrogens is 352 g/mol. The number of hydrogen-bond donors (Lipinski definition) is 1. The number of carbonyl (C=O) groups is 1. The Labute approximate surface area is 163 Å². The highest BCUT2D eigenvalue weighted by Gasteiger charge is 2.12. The lowest BCUT2D eigenvalue weighted by Gasteiger charge is -2.03. The maximum Gasteiger partial charge on any atom is 0.251 e. The van der Waals surface area contributed by atoms with Gasteiger partial charge in [0.2, 0.25) is 0 Å². The summed E-state index contributed by atoms with van der Waals surface area (Å²) in [5.74, 6) is 0.738. The third-order valence-electron chi connectivity index (χ3n) is 4.49. The van der Waals surface area contributed by atoms with Crippen molar-refractivity contribution in [3.8, 4) is 0 Å². The average molecular weight is 374 g/mol. The van der Waals surface area contributed by atoms with E-state index in [0.29, 0.717) is 35.6 Å². The number of nitrogens with one attached hydrogen (secondary N) is 1. The van der Waals surface area contributed by atoms with E-state index in [-0.39, 0.29) is 11.8 Å². The smallest absolute Gasteiger partial charge is 0.251 e. The first-order chi connectivity index (χ1) is 13.6. The fourth-order valence-corrected chi connectivity index (χ4v) is 2.97. The van der Waals surface area contributed by atoms with E-state index in [0.717, 1.165) is 5.56 Å². The molecule has 0 unspecified atom stereocenters. The molecule has 0 aliphatic rings. The molecule has 4 aromatic rings. The van der Waals surface area contributed by atoms with Crippen LogP contribution >= 0.6 is 0 Å². The van der Waals surface area contributed by atoms with E-state index in [2.05, 4.69) is 27.5 Å². The van der Waals surface area contributed by atoms with Crippen molar-refractivity contribution >= 4 is 17.0 Å². The molecule has 6 heteroatoms. The monoisotopic (exact) mass is 374 g/mol. The quantitative estimate of drug-likeness (QED) is 0.551. The first kappa shape index (κ1) is 18.0. The fourth-order valence-electron chi connectivity index (χ4n) is 2.97. The standard InChI is InChI=1S/C22H22N4O2/c1-15(2)22-25-19-10-18(8-9-20(19)28-22)21(27)23-11-17-12-24-26(14-17)13-16-6-4-3-5-7-16/h3-10,12,14-15H,11,13H2,1-2H3,(H,23,27). The van der Waals surface area contributed by atoms with E-state index in [1.165, 1.54) is 5.56 Å². The number of nitrogens with zero attached hydrogens (tertiary/aromatic N) is 3. The molecule has 2 aromatic carbocycles. The molecule has 0 aliphatic heterocycles. The zero-order valence-corrected chi connectivity index (χ0v) is 15.9.